The highest BCUT2D eigenvalue weighted by Gasteiger charge is 2.29. The van der Waals surface area contributed by atoms with Gasteiger partial charge < -0.3 is 26.6 Å². The van der Waals surface area contributed by atoms with E-state index < -0.39 is 6.04 Å². The van der Waals surface area contributed by atoms with Crippen LogP contribution in [0.1, 0.15) is 60.9 Å². The Morgan fingerprint density at radius 1 is 0.880 bits per heavy atom. The molecule has 0 radical (unpaired) electrons. The standard InChI is InChI=1S/C38H47N9O3/c39-25-26-7-9-31(10-8-26)37(49)42-34(38(50)41-33-17-15-29(16-18-33)35-43-45-46-44-35)24-27-5-4-6-32(23-27)28-11-13-30(14-12-28)36(48)40-19-22-47-20-2-1-3-21-47/h4-6,11-18,23,26,31,34H,1-3,7-10,19-22,24-25,39H2,(H,40,48)(H,41,50)(H,42,49)(H,43,44,45,46)/t26?,31?,34-/m0/s1. The maximum atomic E-state index is 13.7. The molecule has 0 bridgehead atoms. The average Bonchev–Trinajstić information content (AvgIpc) is 3.71. The van der Waals surface area contributed by atoms with E-state index in [0.29, 0.717) is 42.5 Å². The molecule has 4 aromatic rings. The lowest BCUT2D eigenvalue weighted by atomic mass is 9.81. The van der Waals surface area contributed by atoms with Gasteiger partial charge in [0.05, 0.1) is 0 Å². The molecule has 6 N–H and O–H groups in total. The van der Waals surface area contributed by atoms with E-state index >= 15 is 0 Å². The molecule has 1 atom stereocenters. The van der Waals surface area contributed by atoms with Crippen LogP contribution in [0.15, 0.2) is 72.8 Å². The van der Waals surface area contributed by atoms with Gasteiger partial charge in [-0.05, 0) is 122 Å². The van der Waals surface area contributed by atoms with Crippen molar-refractivity contribution in [3.63, 3.8) is 0 Å². The number of H-pyrrole nitrogens is 1. The summed E-state index contributed by atoms with van der Waals surface area (Å²) in [6.07, 6.45) is 7.42. The van der Waals surface area contributed by atoms with E-state index in [1.54, 1.807) is 24.3 Å². The number of tetrazole rings is 1. The van der Waals surface area contributed by atoms with Crippen LogP contribution < -0.4 is 21.7 Å². The number of aromatic nitrogens is 4. The minimum atomic E-state index is -0.794. The van der Waals surface area contributed by atoms with Gasteiger partial charge in [-0.15, -0.1) is 10.2 Å². The molecule has 12 heteroatoms. The number of anilines is 1. The van der Waals surface area contributed by atoms with Gasteiger partial charge in [-0.1, -0.05) is 42.8 Å². The second-order valence-corrected chi connectivity index (χ2v) is 13.5. The van der Waals surface area contributed by atoms with Crippen molar-refractivity contribution in [2.45, 2.75) is 57.4 Å². The number of nitrogens with two attached hydrogens (primary N) is 1. The van der Waals surface area contributed by atoms with Gasteiger partial charge in [0, 0.05) is 42.2 Å². The van der Waals surface area contributed by atoms with Crippen LogP contribution >= 0.6 is 0 Å². The number of carbonyl (C=O) groups excluding carboxylic acids is 3. The number of piperidine rings is 1. The molecule has 50 heavy (non-hydrogen) atoms. The number of rotatable bonds is 13. The highest BCUT2D eigenvalue weighted by Crippen LogP contribution is 2.29. The van der Waals surface area contributed by atoms with Crippen molar-refractivity contribution in [1.29, 1.82) is 0 Å². The Labute approximate surface area is 293 Å². The Kier molecular flexibility index (Phi) is 12.0. The molecule has 1 aromatic heterocycles. The summed E-state index contributed by atoms with van der Waals surface area (Å²) >= 11 is 0. The van der Waals surface area contributed by atoms with Crippen molar-refractivity contribution in [2.75, 3.05) is 38.0 Å². The van der Waals surface area contributed by atoms with Crippen molar-refractivity contribution >= 4 is 23.4 Å². The summed E-state index contributed by atoms with van der Waals surface area (Å²) in [4.78, 5) is 42.4. The van der Waals surface area contributed by atoms with E-state index in [1.165, 1.54) is 19.3 Å². The van der Waals surface area contributed by atoms with Gasteiger partial charge in [0.1, 0.15) is 6.04 Å². The Hall–Kier alpha value is -4.94. The van der Waals surface area contributed by atoms with Crippen LogP contribution in [-0.2, 0) is 16.0 Å². The Morgan fingerprint density at radius 3 is 2.32 bits per heavy atom. The number of amides is 3. The van der Waals surface area contributed by atoms with Crippen LogP contribution in [0.4, 0.5) is 5.69 Å². The fourth-order valence-electron chi connectivity index (χ4n) is 6.92. The summed E-state index contributed by atoms with van der Waals surface area (Å²) in [5.74, 6) is 0.279. The summed E-state index contributed by atoms with van der Waals surface area (Å²) in [5.41, 5.74) is 10.7. The van der Waals surface area contributed by atoms with Crippen LogP contribution in [0.25, 0.3) is 22.5 Å². The zero-order chi connectivity index (χ0) is 34.7. The SMILES string of the molecule is NCC1CCC(C(=O)N[C@@H](Cc2cccc(-c3ccc(C(=O)NCCN4CCCCC4)cc3)c2)C(=O)Nc2ccc(-c3nn[nH]n3)cc2)CC1. The number of aromatic amines is 1. The second-order valence-electron chi connectivity index (χ2n) is 13.5. The molecule has 262 valence electrons. The zero-order valence-corrected chi connectivity index (χ0v) is 28.4. The molecule has 2 fully saturated rings. The summed E-state index contributed by atoms with van der Waals surface area (Å²) in [6, 6.07) is 21.9. The largest absolute Gasteiger partial charge is 0.351 e. The van der Waals surface area contributed by atoms with Crippen molar-refractivity contribution in [2.24, 2.45) is 17.6 Å². The van der Waals surface area contributed by atoms with Gasteiger partial charge in [0.25, 0.3) is 5.91 Å². The van der Waals surface area contributed by atoms with E-state index in [1.807, 2.05) is 48.5 Å². The number of carbonyl (C=O) groups is 3. The fraction of sp³-hybridized carbons (Fsp3) is 0.421. The normalized spacial score (nSPS) is 18.6. The Morgan fingerprint density at radius 2 is 1.62 bits per heavy atom. The third kappa shape index (κ3) is 9.39. The van der Waals surface area contributed by atoms with Gasteiger partial charge in [0.15, 0.2) is 0 Å². The number of hydrogen-bond acceptors (Lipinski definition) is 8. The minimum Gasteiger partial charge on any atom is -0.351 e. The quantitative estimate of drug-likeness (QED) is 0.140. The molecule has 12 nitrogen and oxygen atoms in total. The molecule has 1 aliphatic carbocycles. The molecule has 3 aromatic carbocycles. The molecular formula is C38H47N9O3. The smallest absolute Gasteiger partial charge is 0.251 e. The first-order valence-electron chi connectivity index (χ1n) is 17.8. The first kappa shape index (κ1) is 34.9. The van der Waals surface area contributed by atoms with Crippen LogP contribution in [0.5, 0.6) is 0 Å². The third-order valence-corrected chi connectivity index (χ3v) is 9.95. The number of benzene rings is 3. The number of hydrogen-bond donors (Lipinski definition) is 5. The molecule has 2 aliphatic rings. The van der Waals surface area contributed by atoms with E-state index in [9.17, 15) is 14.4 Å². The average molecular weight is 678 g/mol. The van der Waals surface area contributed by atoms with Gasteiger partial charge in [-0.3, -0.25) is 14.4 Å². The molecule has 3 amide bonds. The highest BCUT2D eigenvalue weighted by molar-refractivity contribution is 5.98. The summed E-state index contributed by atoms with van der Waals surface area (Å²) in [6.45, 7) is 4.35. The van der Waals surface area contributed by atoms with Crippen LogP contribution in [0.2, 0.25) is 0 Å². The Balaban J connectivity index is 1.11. The van der Waals surface area contributed by atoms with Crippen LogP contribution in [-0.4, -0.2) is 82.0 Å². The third-order valence-electron chi connectivity index (χ3n) is 9.95. The zero-order valence-electron chi connectivity index (χ0n) is 28.4. The van der Waals surface area contributed by atoms with Gasteiger partial charge >= 0.3 is 0 Å². The minimum absolute atomic E-state index is 0.0760. The summed E-state index contributed by atoms with van der Waals surface area (Å²) < 4.78 is 0. The topological polar surface area (TPSA) is 171 Å². The number of nitrogens with one attached hydrogen (secondary N) is 4. The van der Waals surface area contributed by atoms with Gasteiger partial charge in [0.2, 0.25) is 17.6 Å². The predicted molar refractivity (Wildman–Crippen MR) is 193 cm³/mol. The lowest BCUT2D eigenvalue weighted by Gasteiger charge is -2.28. The van der Waals surface area contributed by atoms with Gasteiger partial charge in [-0.25, -0.2) is 0 Å². The maximum absolute atomic E-state index is 13.7. The highest BCUT2D eigenvalue weighted by atomic mass is 16.2. The molecular weight excluding hydrogens is 630 g/mol. The summed E-state index contributed by atoms with van der Waals surface area (Å²) in [5, 5.41) is 23.1. The van der Waals surface area contributed by atoms with E-state index in [2.05, 4.69) is 41.5 Å². The molecule has 1 aliphatic heterocycles. The van der Waals surface area contributed by atoms with Crippen molar-refractivity contribution in [3.8, 4) is 22.5 Å². The van der Waals surface area contributed by atoms with E-state index in [0.717, 1.165) is 67.6 Å². The van der Waals surface area contributed by atoms with Crippen LogP contribution in [0, 0.1) is 11.8 Å². The lowest BCUT2D eigenvalue weighted by molar-refractivity contribution is -0.130. The predicted octanol–water partition coefficient (Wildman–Crippen LogP) is 4.18. The van der Waals surface area contributed by atoms with E-state index in [4.69, 9.17) is 5.73 Å². The lowest BCUT2D eigenvalue weighted by Crippen LogP contribution is -2.48. The first-order valence-corrected chi connectivity index (χ1v) is 17.8. The Bertz CT molecular complexity index is 1700. The first-order chi connectivity index (χ1) is 24.4. The van der Waals surface area contributed by atoms with E-state index in [-0.39, 0.29) is 23.6 Å². The molecule has 1 saturated carbocycles. The molecule has 2 heterocycles. The number of nitrogens with zero attached hydrogens (tertiary/aromatic N) is 4. The van der Waals surface area contributed by atoms with Crippen LogP contribution in [0.3, 0.4) is 0 Å². The molecule has 0 spiro atoms. The summed E-state index contributed by atoms with van der Waals surface area (Å²) in [7, 11) is 0. The molecule has 1 saturated heterocycles. The fourth-order valence-corrected chi connectivity index (χ4v) is 6.92. The van der Waals surface area contributed by atoms with Crippen molar-refractivity contribution < 1.29 is 14.4 Å². The molecule has 0 unspecified atom stereocenters. The second kappa shape index (κ2) is 17.1. The molecule has 6 rings (SSSR count). The van der Waals surface area contributed by atoms with Crippen molar-refractivity contribution in [3.05, 3.63) is 83.9 Å². The monoisotopic (exact) mass is 677 g/mol. The van der Waals surface area contributed by atoms with Gasteiger partial charge in [-0.2, -0.15) is 5.21 Å². The van der Waals surface area contributed by atoms with Crippen molar-refractivity contribution in [1.82, 2.24) is 36.2 Å². The maximum Gasteiger partial charge on any atom is 0.251 e. The number of likely N-dealkylation sites (tertiary alicyclic amines) is 1.